The topological polar surface area (TPSA) is 36.4 Å². The largest absolute Gasteiger partial charge is 0.357 e. The van der Waals surface area contributed by atoms with Crippen LogP contribution in [0.5, 0.6) is 0 Å². The molecule has 0 spiro atoms. The second kappa shape index (κ2) is 8.56. The zero-order valence-electron chi connectivity index (χ0n) is 13.0. The molecular weight excluding hydrogens is 253 g/mol. The van der Waals surface area contributed by atoms with Crippen LogP contribution in [0.15, 0.2) is 23.2 Å². The van der Waals surface area contributed by atoms with Crippen molar-refractivity contribution in [3.8, 4) is 0 Å². The molecular formula is C16H26FN3. The highest BCUT2D eigenvalue weighted by atomic mass is 19.1. The summed E-state index contributed by atoms with van der Waals surface area (Å²) < 4.78 is 13.0. The summed E-state index contributed by atoms with van der Waals surface area (Å²) >= 11 is 0. The number of aryl methyl sites for hydroxylation is 1. The predicted molar refractivity (Wildman–Crippen MR) is 83.7 cm³/mol. The molecule has 3 nitrogen and oxygen atoms in total. The van der Waals surface area contributed by atoms with Gasteiger partial charge in [0.1, 0.15) is 5.82 Å². The van der Waals surface area contributed by atoms with Gasteiger partial charge in [0.05, 0.1) is 0 Å². The summed E-state index contributed by atoms with van der Waals surface area (Å²) in [4.78, 5) is 4.52. The van der Waals surface area contributed by atoms with Crippen LogP contribution in [-0.2, 0) is 6.42 Å². The van der Waals surface area contributed by atoms with Crippen molar-refractivity contribution < 1.29 is 4.39 Å². The Balaban J connectivity index is 2.49. The Labute approximate surface area is 121 Å². The number of guanidine groups is 1. The second-order valence-corrected chi connectivity index (χ2v) is 5.36. The maximum absolute atomic E-state index is 13.0. The first-order valence-corrected chi connectivity index (χ1v) is 7.30. The van der Waals surface area contributed by atoms with Crippen LogP contribution in [0, 0.1) is 18.7 Å². The summed E-state index contributed by atoms with van der Waals surface area (Å²) in [5.41, 5.74) is 2.16. The van der Waals surface area contributed by atoms with Gasteiger partial charge in [-0.1, -0.05) is 19.9 Å². The van der Waals surface area contributed by atoms with Crippen molar-refractivity contribution in [1.82, 2.24) is 10.6 Å². The van der Waals surface area contributed by atoms with Crippen LogP contribution >= 0.6 is 0 Å². The molecule has 0 saturated carbocycles. The molecule has 0 aromatic heterocycles. The number of benzene rings is 1. The Morgan fingerprint density at radius 3 is 2.65 bits per heavy atom. The Morgan fingerprint density at radius 1 is 1.30 bits per heavy atom. The smallest absolute Gasteiger partial charge is 0.191 e. The van der Waals surface area contributed by atoms with Crippen molar-refractivity contribution >= 4 is 5.96 Å². The summed E-state index contributed by atoms with van der Waals surface area (Å²) in [5.74, 6) is 1.22. The monoisotopic (exact) mass is 279 g/mol. The van der Waals surface area contributed by atoms with Crippen molar-refractivity contribution in [2.24, 2.45) is 10.9 Å². The number of nitrogens with one attached hydrogen (secondary N) is 2. The number of hydrogen-bond donors (Lipinski definition) is 2. The molecule has 112 valence electrons. The molecule has 2 N–H and O–H groups in total. The summed E-state index contributed by atoms with van der Waals surface area (Å²) in [7, 11) is 0. The van der Waals surface area contributed by atoms with E-state index >= 15 is 0 Å². The molecule has 0 amide bonds. The normalized spacial score (nSPS) is 11.8. The van der Waals surface area contributed by atoms with E-state index in [2.05, 4.69) is 36.4 Å². The van der Waals surface area contributed by atoms with Gasteiger partial charge in [0.25, 0.3) is 0 Å². The van der Waals surface area contributed by atoms with Crippen LogP contribution in [0.4, 0.5) is 4.39 Å². The van der Waals surface area contributed by atoms with Crippen LogP contribution in [-0.4, -0.2) is 25.6 Å². The van der Waals surface area contributed by atoms with Crippen LogP contribution in [0.1, 0.15) is 31.9 Å². The molecule has 0 aliphatic heterocycles. The first-order valence-electron chi connectivity index (χ1n) is 7.30. The fraction of sp³-hybridized carbons (Fsp3) is 0.562. The van der Waals surface area contributed by atoms with Gasteiger partial charge in [-0.3, -0.25) is 4.99 Å². The van der Waals surface area contributed by atoms with Crippen LogP contribution in [0.25, 0.3) is 0 Å². The van der Waals surface area contributed by atoms with Gasteiger partial charge in [0.2, 0.25) is 0 Å². The van der Waals surface area contributed by atoms with Crippen LogP contribution in [0.3, 0.4) is 0 Å². The minimum Gasteiger partial charge on any atom is -0.357 e. The lowest BCUT2D eigenvalue weighted by molar-refractivity contribution is 0.625. The molecule has 0 bridgehead atoms. The molecule has 1 aromatic carbocycles. The van der Waals surface area contributed by atoms with Gasteiger partial charge < -0.3 is 10.6 Å². The summed E-state index contributed by atoms with van der Waals surface area (Å²) in [6, 6.07) is 4.94. The molecule has 0 aliphatic rings. The number of nitrogens with zero attached hydrogens (tertiary/aromatic N) is 1. The SMILES string of the molecule is CCNC(=NCC(C)C)NCCc1ccc(F)cc1C. The predicted octanol–water partition coefficient (Wildman–Crippen LogP) is 2.89. The van der Waals surface area contributed by atoms with E-state index in [1.165, 1.54) is 11.6 Å². The second-order valence-electron chi connectivity index (χ2n) is 5.36. The van der Waals surface area contributed by atoms with E-state index in [1.54, 1.807) is 6.07 Å². The van der Waals surface area contributed by atoms with Gasteiger partial charge in [-0.05, 0) is 49.4 Å². The fourth-order valence-electron chi connectivity index (χ4n) is 1.87. The van der Waals surface area contributed by atoms with E-state index in [9.17, 15) is 4.39 Å². The lowest BCUT2D eigenvalue weighted by atomic mass is 10.1. The van der Waals surface area contributed by atoms with Gasteiger partial charge >= 0.3 is 0 Å². The van der Waals surface area contributed by atoms with Gasteiger partial charge in [-0.25, -0.2) is 4.39 Å². The molecule has 0 saturated heterocycles. The van der Waals surface area contributed by atoms with E-state index in [1.807, 2.05) is 13.0 Å². The molecule has 0 atom stereocenters. The first kappa shape index (κ1) is 16.5. The summed E-state index contributed by atoms with van der Waals surface area (Å²) in [6.45, 7) is 10.7. The number of halogens is 1. The quantitative estimate of drug-likeness (QED) is 0.620. The highest BCUT2D eigenvalue weighted by Crippen LogP contribution is 2.10. The van der Waals surface area contributed by atoms with Crippen molar-refractivity contribution in [1.29, 1.82) is 0 Å². The van der Waals surface area contributed by atoms with Crippen molar-refractivity contribution in [2.75, 3.05) is 19.6 Å². The molecule has 4 heteroatoms. The Hall–Kier alpha value is -1.58. The van der Waals surface area contributed by atoms with Gasteiger partial charge in [-0.15, -0.1) is 0 Å². The third-order valence-electron chi connectivity index (χ3n) is 2.95. The van der Waals surface area contributed by atoms with E-state index in [-0.39, 0.29) is 5.82 Å². The first-order chi connectivity index (χ1) is 9.52. The van der Waals surface area contributed by atoms with E-state index in [4.69, 9.17) is 0 Å². The Morgan fingerprint density at radius 2 is 2.05 bits per heavy atom. The third-order valence-corrected chi connectivity index (χ3v) is 2.95. The minimum absolute atomic E-state index is 0.175. The minimum atomic E-state index is -0.175. The van der Waals surface area contributed by atoms with E-state index in [0.29, 0.717) is 5.92 Å². The van der Waals surface area contributed by atoms with E-state index in [0.717, 1.165) is 37.6 Å². The van der Waals surface area contributed by atoms with Gasteiger partial charge in [-0.2, -0.15) is 0 Å². The standard InChI is InChI=1S/C16H26FN3/c1-5-18-16(20-11-12(2)3)19-9-8-14-6-7-15(17)10-13(14)4/h6-7,10,12H,5,8-9,11H2,1-4H3,(H2,18,19,20). The molecule has 0 aliphatic carbocycles. The third kappa shape index (κ3) is 6.04. The van der Waals surface area contributed by atoms with E-state index < -0.39 is 0 Å². The molecule has 1 aromatic rings. The fourth-order valence-corrected chi connectivity index (χ4v) is 1.87. The molecule has 0 heterocycles. The molecule has 1 rings (SSSR count). The molecule has 0 radical (unpaired) electrons. The Bertz CT molecular complexity index is 441. The summed E-state index contributed by atoms with van der Waals surface area (Å²) in [6.07, 6.45) is 0.859. The average Bonchev–Trinajstić information content (AvgIpc) is 2.38. The molecule has 20 heavy (non-hydrogen) atoms. The van der Waals surface area contributed by atoms with Crippen molar-refractivity contribution in [2.45, 2.75) is 34.1 Å². The maximum Gasteiger partial charge on any atom is 0.191 e. The van der Waals surface area contributed by atoms with Gasteiger partial charge in [0, 0.05) is 19.6 Å². The van der Waals surface area contributed by atoms with Crippen molar-refractivity contribution in [3.63, 3.8) is 0 Å². The molecule has 0 fully saturated rings. The number of aliphatic imine (C=N–C) groups is 1. The molecule has 0 unspecified atom stereocenters. The highest BCUT2D eigenvalue weighted by molar-refractivity contribution is 5.79. The van der Waals surface area contributed by atoms with Crippen LogP contribution in [0.2, 0.25) is 0 Å². The lowest BCUT2D eigenvalue weighted by Gasteiger charge is -2.12. The number of rotatable bonds is 6. The average molecular weight is 279 g/mol. The zero-order chi connectivity index (χ0) is 15.0. The Kier molecular flexibility index (Phi) is 7.05. The lowest BCUT2D eigenvalue weighted by Crippen LogP contribution is -2.38. The number of hydrogen-bond acceptors (Lipinski definition) is 1. The van der Waals surface area contributed by atoms with Crippen molar-refractivity contribution in [3.05, 3.63) is 35.1 Å². The maximum atomic E-state index is 13.0. The highest BCUT2D eigenvalue weighted by Gasteiger charge is 2.02. The zero-order valence-corrected chi connectivity index (χ0v) is 13.0. The van der Waals surface area contributed by atoms with Crippen LogP contribution < -0.4 is 10.6 Å². The van der Waals surface area contributed by atoms with Gasteiger partial charge in [0.15, 0.2) is 5.96 Å². The summed E-state index contributed by atoms with van der Waals surface area (Å²) in [5, 5.41) is 6.54.